The van der Waals surface area contributed by atoms with Crippen molar-refractivity contribution in [3.05, 3.63) is 63.7 Å². The molecule has 0 aliphatic heterocycles. The Hall–Kier alpha value is -2.87. The van der Waals surface area contributed by atoms with E-state index in [0.717, 1.165) is 11.8 Å². The average molecular weight is 333 g/mol. The maximum atomic E-state index is 11.2. The molecule has 0 heterocycles. The van der Waals surface area contributed by atoms with Crippen LogP contribution in [-0.2, 0) is 11.2 Å². The first-order chi connectivity index (χ1) is 10.9. The number of nitro groups is 1. The van der Waals surface area contributed by atoms with Gasteiger partial charge in [0.15, 0.2) is 0 Å². The fourth-order valence-corrected chi connectivity index (χ4v) is 2.77. The molecule has 0 radical (unpaired) electrons. The van der Waals surface area contributed by atoms with E-state index in [1.54, 1.807) is 12.1 Å². The molecule has 0 atom stereocenters. The van der Waals surface area contributed by atoms with E-state index in [-0.39, 0.29) is 17.7 Å². The summed E-state index contributed by atoms with van der Waals surface area (Å²) in [7, 11) is 0. The second kappa shape index (κ2) is 6.93. The van der Waals surface area contributed by atoms with Crippen molar-refractivity contribution in [3.8, 4) is 0 Å². The van der Waals surface area contributed by atoms with Gasteiger partial charge in [0, 0.05) is 11.0 Å². The maximum Gasteiger partial charge on any atom is 0.335 e. The van der Waals surface area contributed by atoms with Crippen LogP contribution in [0.2, 0.25) is 0 Å². The van der Waals surface area contributed by atoms with Crippen molar-refractivity contribution in [2.75, 3.05) is 0 Å². The largest absolute Gasteiger partial charge is 0.481 e. The summed E-state index contributed by atoms with van der Waals surface area (Å²) in [6.07, 6.45) is -0.293. The number of nitro benzene ring substituents is 1. The molecule has 0 saturated carbocycles. The van der Waals surface area contributed by atoms with Gasteiger partial charge in [0.25, 0.3) is 5.69 Å². The van der Waals surface area contributed by atoms with E-state index in [0.29, 0.717) is 15.4 Å². The van der Waals surface area contributed by atoms with Crippen LogP contribution < -0.4 is 0 Å². The first-order valence-electron chi connectivity index (χ1n) is 6.37. The van der Waals surface area contributed by atoms with Crippen molar-refractivity contribution in [1.29, 1.82) is 0 Å². The molecule has 8 heteroatoms. The van der Waals surface area contributed by atoms with Crippen LogP contribution in [0.25, 0.3) is 0 Å². The standard InChI is InChI=1S/C15H11NO6S/c17-14(18)8-9-1-6-13(12(7-9)16(21)22)23-11-4-2-10(3-5-11)15(19)20/h1-7H,8H2,(H,17,18)(H,19,20). The van der Waals surface area contributed by atoms with Crippen molar-refractivity contribution in [1.82, 2.24) is 0 Å². The number of rotatable bonds is 6. The van der Waals surface area contributed by atoms with E-state index in [9.17, 15) is 19.7 Å². The SMILES string of the molecule is O=C(O)Cc1ccc(Sc2ccc(C(=O)O)cc2)c([N+](=O)[O-])c1. The highest BCUT2D eigenvalue weighted by Gasteiger charge is 2.17. The van der Waals surface area contributed by atoms with Gasteiger partial charge in [0.1, 0.15) is 0 Å². The van der Waals surface area contributed by atoms with Gasteiger partial charge in [0.05, 0.1) is 21.8 Å². The minimum Gasteiger partial charge on any atom is -0.481 e. The van der Waals surface area contributed by atoms with Crippen molar-refractivity contribution < 1.29 is 24.7 Å². The van der Waals surface area contributed by atoms with E-state index in [1.165, 1.54) is 30.3 Å². The summed E-state index contributed by atoms with van der Waals surface area (Å²) in [5.41, 5.74) is 0.284. The summed E-state index contributed by atoms with van der Waals surface area (Å²) in [4.78, 5) is 33.1. The van der Waals surface area contributed by atoms with Gasteiger partial charge < -0.3 is 10.2 Å². The number of aromatic carboxylic acids is 1. The molecule has 23 heavy (non-hydrogen) atoms. The lowest BCUT2D eigenvalue weighted by molar-refractivity contribution is -0.387. The van der Waals surface area contributed by atoms with E-state index in [4.69, 9.17) is 10.2 Å². The molecule has 0 spiro atoms. The fourth-order valence-electron chi connectivity index (χ4n) is 1.87. The number of benzene rings is 2. The zero-order valence-corrected chi connectivity index (χ0v) is 12.4. The van der Waals surface area contributed by atoms with Gasteiger partial charge in [-0.1, -0.05) is 17.8 Å². The molecule has 0 saturated heterocycles. The Kier molecular flexibility index (Phi) is 4.97. The van der Waals surface area contributed by atoms with Crippen molar-refractivity contribution in [2.45, 2.75) is 16.2 Å². The Morgan fingerprint density at radius 3 is 2.26 bits per heavy atom. The molecule has 0 bridgehead atoms. The highest BCUT2D eigenvalue weighted by Crippen LogP contribution is 2.35. The van der Waals surface area contributed by atoms with Gasteiger partial charge in [-0.3, -0.25) is 14.9 Å². The Morgan fingerprint density at radius 2 is 1.74 bits per heavy atom. The second-order valence-electron chi connectivity index (χ2n) is 4.56. The van der Waals surface area contributed by atoms with Crippen molar-refractivity contribution in [3.63, 3.8) is 0 Å². The first-order valence-corrected chi connectivity index (χ1v) is 7.19. The zero-order valence-electron chi connectivity index (χ0n) is 11.6. The molecule has 118 valence electrons. The molecule has 0 fully saturated rings. The molecule has 2 N–H and O–H groups in total. The minimum absolute atomic E-state index is 0.126. The van der Waals surface area contributed by atoms with E-state index in [1.807, 2.05) is 0 Å². The Bertz CT molecular complexity index is 772. The van der Waals surface area contributed by atoms with Crippen LogP contribution in [0.1, 0.15) is 15.9 Å². The Morgan fingerprint density at radius 1 is 1.09 bits per heavy atom. The summed E-state index contributed by atoms with van der Waals surface area (Å²) in [6, 6.07) is 10.2. The van der Waals surface area contributed by atoms with Crippen molar-refractivity contribution in [2.24, 2.45) is 0 Å². The first kappa shape index (κ1) is 16.5. The maximum absolute atomic E-state index is 11.2. The molecule has 0 aliphatic rings. The summed E-state index contributed by atoms with van der Waals surface area (Å²) in [5, 5.41) is 28.7. The lowest BCUT2D eigenvalue weighted by Gasteiger charge is -2.05. The van der Waals surface area contributed by atoms with Crippen LogP contribution in [0.15, 0.2) is 52.3 Å². The van der Waals surface area contributed by atoms with Crippen LogP contribution in [0, 0.1) is 10.1 Å². The van der Waals surface area contributed by atoms with Crippen LogP contribution >= 0.6 is 11.8 Å². The molecule has 0 aromatic heterocycles. The topological polar surface area (TPSA) is 118 Å². The van der Waals surface area contributed by atoms with Crippen LogP contribution in [0.5, 0.6) is 0 Å². The number of nitrogens with zero attached hydrogens (tertiary/aromatic N) is 1. The smallest absolute Gasteiger partial charge is 0.335 e. The number of carboxylic acid groups (broad SMARTS) is 2. The van der Waals surface area contributed by atoms with E-state index < -0.39 is 16.9 Å². The number of hydrogen-bond acceptors (Lipinski definition) is 5. The highest BCUT2D eigenvalue weighted by atomic mass is 32.2. The third kappa shape index (κ3) is 4.30. The molecule has 0 amide bonds. The monoisotopic (exact) mass is 333 g/mol. The van der Waals surface area contributed by atoms with Gasteiger partial charge >= 0.3 is 11.9 Å². The van der Waals surface area contributed by atoms with E-state index >= 15 is 0 Å². The molecule has 0 aliphatic carbocycles. The molecule has 2 aromatic carbocycles. The van der Waals surface area contributed by atoms with Gasteiger partial charge in [0.2, 0.25) is 0 Å². The molecule has 0 unspecified atom stereocenters. The van der Waals surface area contributed by atoms with Crippen LogP contribution in [-0.4, -0.2) is 27.1 Å². The second-order valence-corrected chi connectivity index (χ2v) is 5.68. The number of carboxylic acids is 2. The Labute approximate surface area is 134 Å². The predicted molar refractivity (Wildman–Crippen MR) is 82.0 cm³/mol. The average Bonchev–Trinajstić information content (AvgIpc) is 2.48. The molecular weight excluding hydrogens is 322 g/mol. The van der Waals surface area contributed by atoms with Crippen LogP contribution in [0.4, 0.5) is 5.69 Å². The Balaban J connectivity index is 2.29. The highest BCUT2D eigenvalue weighted by molar-refractivity contribution is 7.99. The lowest BCUT2D eigenvalue weighted by Crippen LogP contribution is -2.01. The predicted octanol–water partition coefficient (Wildman–Crippen LogP) is 3.07. The zero-order chi connectivity index (χ0) is 17.0. The molecule has 2 aromatic rings. The van der Waals surface area contributed by atoms with Gasteiger partial charge in [-0.25, -0.2) is 4.79 Å². The normalized spacial score (nSPS) is 10.3. The van der Waals surface area contributed by atoms with Crippen LogP contribution in [0.3, 0.4) is 0 Å². The minimum atomic E-state index is -1.07. The third-order valence-electron chi connectivity index (χ3n) is 2.90. The van der Waals surface area contributed by atoms with Gasteiger partial charge in [-0.15, -0.1) is 0 Å². The fraction of sp³-hybridized carbons (Fsp3) is 0.0667. The summed E-state index contributed by atoms with van der Waals surface area (Å²) in [5.74, 6) is -2.12. The lowest BCUT2D eigenvalue weighted by atomic mass is 10.1. The summed E-state index contributed by atoms with van der Waals surface area (Å²) < 4.78 is 0. The van der Waals surface area contributed by atoms with Crippen molar-refractivity contribution >= 4 is 29.4 Å². The van der Waals surface area contributed by atoms with Gasteiger partial charge in [-0.05, 0) is 35.9 Å². The number of aliphatic carboxylic acids is 1. The summed E-state index contributed by atoms with van der Waals surface area (Å²) >= 11 is 1.11. The molecule has 2 rings (SSSR count). The molecule has 7 nitrogen and oxygen atoms in total. The number of hydrogen-bond donors (Lipinski definition) is 2. The summed E-state index contributed by atoms with van der Waals surface area (Å²) in [6.45, 7) is 0. The quantitative estimate of drug-likeness (QED) is 0.616. The third-order valence-corrected chi connectivity index (χ3v) is 3.98. The van der Waals surface area contributed by atoms with E-state index in [2.05, 4.69) is 0 Å². The molecular formula is C15H11NO6S. The number of carbonyl (C=O) groups is 2. The van der Waals surface area contributed by atoms with Gasteiger partial charge in [-0.2, -0.15) is 0 Å².